The van der Waals surface area contributed by atoms with Crippen molar-refractivity contribution in [1.29, 1.82) is 0 Å². The van der Waals surface area contributed by atoms with Crippen LogP contribution in [0.2, 0.25) is 0 Å². The van der Waals surface area contributed by atoms with Crippen LogP contribution in [0.15, 0.2) is 56.0 Å². The van der Waals surface area contributed by atoms with Gasteiger partial charge in [-0.05, 0) is 24.3 Å². The molecule has 0 atom stereocenters. The molecule has 2 rings (SSSR count). The maximum atomic E-state index is 12.6. The van der Waals surface area contributed by atoms with Crippen molar-refractivity contribution < 1.29 is 8.42 Å². The van der Waals surface area contributed by atoms with Crippen LogP contribution >= 0.6 is 25.3 Å². The molecule has 7 heteroatoms. The molecule has 0 aliphatic rings. The molecule has 0 saturated carbocycles. The van der Waals surface area contributed by atoms with Gasteiger partial charge in [0.1, 0.15) is 0 Å². The van der Waals surface area contributed by atoms with Crippen molar-refractivity contribution in [3.63, 3.8) is 0 Å². The van der Waals surface area contributed by atoms with E-state index in [1.165, 1.54) is 12.1 Å². The molecule has 2 aromatic rings. The predicted octanol–water partition coefficient (Wildman–Crippen LogP) is 2.26. The van der Waals surface area contributed by atoms with Gasteiger partial charge in [-0.1, -0.05) is 12.1 Å². The Morgan fingerprint density at radius 3 is 1.53 bits per heavy atom. The Balaban J connectivity index is 2.73. The highest BCUT2D eigenvalue weighted by atomic mass is 32.2. The largest absolute Gasteiger partial charge is 0.398 e. The molecule has 0 heterocycles. The van der Waals surface area contributed by atoms with E-state index in [9.17, 15) is 8.42 Å². The van der Waals surface area contributed by atoms with E-state index >= 15 is 0 Å². The van der Waals surface area contributed by atoms with Gasteiger partial charge in [0, 0.05) is 21.2 Å². The Kier molecular flexibility index (Phi) is 3.71. The number of hydrogen-bond donors (Lipinski definition) is 4. The lowest BCUT2D eigenvalue weighted by Gasteiger charge is -2.11. The first-order valence-electron chi connectivity index (χ1n) is 5.25. The van der Waals surface area contributed by atoms with Crippen LogP contribution in [0.3, 0.4) is 0 Å². The standard InChI is InChI=1S/C12H12N2O2S3/c13-7-3-1-5-9(11(7)17)19(15,16)10-6-2-4-8(14)12(10)18/h1-6,17-18H,13-14H2. The lowest BCUT2D eigenvalue weighted by atomic mass is 10.3. The summed E-state index contributed by atoms with van der Waals surface area (Å²) in [6.07, 6.45) is 0. The topological polar surface area (TPSA) is 86.2 Å². The fraction of sp³-hybridized carbons (Fsp3) is 0. The van der Waals surface area contributed by atoms with Crippen LogP contribution in [0.1, 0.15) is 0 Å². The highest BCUT2D eigenvalue weighted by molar-refractivity contribution is 7.93. The van der Waals surface area contributed by atoms with Crippen molar-refractivity contribution in [1.82, 2.24) is 0 Å². The summed E-state index contributed by atoms with van der Waals surface area (Å²) in [4.78, 5) is 0.517. The van der Waals surface area contributed by atoms with Gasteiger partial charge in [0.15, 0.2) is 0 Å². The van der Waals surface area contributed by atoms with E-state index in [4.69, 9.17) is 11.5 Å². The second kappa shape index (κ2) is 4.99. The van der Waals surface area contributed by atoms with Gasteiger partial charge >= 0.3 is 0 Å². The Bertz CT molecular complexity index is 685. The van der Waals surface area contributed by atoms with Crippen LogP contribution in [0.5, 0.6) is 0 Å². The zero-order valence-corrected chi connectivity index (χ0v) is 12.3. The predicted molar refractivity (Wildman–Crippen MR) is 81.7 cm³/mol. The number of anilines is 2. The Morgan fingerprint density at radius 1 is 0.789 bits per heavy atom. The molecule has 0 unspecified atom stereocenters. The minimum Gasteiger partial charge on any atom is -0.398 e. The third kappa shape index (κ3) is 2.41. The molecule has 100 valence electrons. The van der Waals surface area contributed by atoms with Crippen LogP contribution in [-0.4, -0.2) is 8.42 Å². The normalized spacial score (nSPS) is 11.5. The first kappa shape index (κ1) is 14.1. The van der Waals surface area contributed by atoms with Gasteiger partial charge in [-0.3, -0.25) is 0 Å². The second-order valence-corrected chi connectivity index (χ2v) is 6.67. The zero-order valence-electron chi connectivity index (χ0n) is 9.74. The SMILES string of the molecule is Nc1cccc(S(=O)(=O)c2cccc(N)c2S)c1S. The summed E-state index contributed by atoms with van der Waals surface area (Å²) in [7, 11) is -3.76. The van der Waals surface area contributed by atoms with Crippen molar-refractivity contribution in [3.05, 3.63) is 36.4 Å². The molecule has 0 aliphatic heterocycles. The highest BCUT2D eigenvalue weighted by Gasteiger charge is 2.24. The maximum Gasteiger partial charge on any atom is 0.208 e. The Hall–Kier alpha value is -1.31. The van der Waals surface area contributed by atoms with E-state index in [0.717, 1.165) is 0 Å². The zero-order chi connectivity index (χ0) is 14.2. The van der Waals surface area contributed by atoms with Gasteiger partial charge in [0.2, 0.25) is 9.84 Å². The molecule has 0 bridgehead atoms. The average molecular weight is 312 g/mol. The maximum absolute atomic E-state index is 12.6. The summed E-state index contributed by atoms with van der Waals surface area (Å²) in [5, 5.41) is 0. The molecule has 0 aliphatic carbocycles. The van der Waals surface area contributed by atoms with Crippen LogP contribution in [-0.2, 0) is 9.84 Å². The first-order valence-corrected chi connectivity index (χ1v) is 7.63. The first-order chi connectivity index (χ1) is 8.85. The van der Waals surface area contributed by atoms with Gasteiger partial charge in [-0.25, -0.2) is 8.42 Å². The summed E-state index contributed by atoms with van der Waals surface area (Å²) in [6, 6.07) is 9.19. The monoisotopic (exact) mass is 312 g/mol. The van der Waals surface area contributed by atoms with E-state index in [-0.39, 0.29) is 19.6 Å². The van der Waals surface area contributed by atoms with Gasteiger partial charge in [0.25, 0.3) is 0 Å². The highest BCUT2D eigenvalue weighted by Crippen LogP contribution is 2.34. The summed E-state index contributed by atoms with van der Waals surface area (Å²) in [6.45, 7) is 0. The Morgan fingerprint density at radius 2 is 1.16 bits per heavy atom. The van der Waals surface area contributed by atoms with E-state index < -0.39 is 9.84 Å². The molecule has 0 aromatic heterocycles. The smallest absolute Gasteiger partial charge is 0.208 e. The number of hydrogen-bond acceptors (Lipinski definition) is 6. The van der Waals surface area contributed by atoms with Gasteiger partial charge < -0.3 is 11.5 Å². The quantitative estimate of drug-likeness (QED) is 0.506. The lowest BCUT2D eigenvalue weighted by Crippen LogP contribution is -2.06. The van der Waals surface area contributed by atoms with E-state index in [1.807, 2.05) is 0 Å². The molecule has 0 saturated heterocycles. The van der Waals surface area contributed by atoms with E-state index in [2.05, 4.69) is 25.3 Å². The lowest BCUT2D eigenvalue weighted by molar-refractivity contribution is 0.592. The molecule has 0 spiro atoms. The molecular formula is C12H12N2O2S3. The van der Waals surface area contributed by atoms with Crippen LogP contribution in [0.25, 0.3) is 0 Å². The second-order valence-electron chi connectivity index (χ2n) is 3.89. The van der Waals surface area contributed by atoms with Crippen LogP contribution < -0.4 is 11.5 Å². The minimum atomic E-state index is -3.76. The third-order valence-electron chi connectivity index (χ3n) is 2.64. The fourth-order valence-corrected chi connectivity index (χ4v) is 4.15. The number of nitrogen functional groups attached to an aromatic ring is 2. The molecule has 4 N–H and O–H groups in total. The van der Waals surface area contributed by atoms with Gasteiger partial charge in [-0.2, -0.15) is 0 Å². The number of nitrogens with two attached hydrogens (primary N) is 2. The van der Waals surface area contributed by atoms with Crippen molar-refractivity contribution in [2.75, 3.05) is 11.5 Å². The van der Waals surface area contributed by atoms with E-state index in [1.54, 1.807) is 24.3 Å². The van der Waals surface area contributed by atoms with Crippen molar-refractivity contribution in [2.45, 2.75) is 19.6 Å². The van der Waals surface area contributed by atoms with Crippen molar-refractivity contribution in [2.24, 2.45) is 0 Å². The summed E-state index contributed by atoms with van der Waals surface area (Å²) >= 11 is 8.31. The molecule has 0 amide bonds. The molecule has 4 nitrogen and oxygen atoms in total. The Labute approximate surface area is 122 Å². The van der Waals surface area contributed by atoms with Gasteiger partial charge in [-0.15, -0.1) is 25.3 Å². The molecule has 2 aromatic carbocycles. The molecule has 19 heavy (non-hydrogen) atoms. The number of rotatable bonds is 2. The summed E-state index contributed by atoms with van der Waals surface area (Å²) in [5.41, 5.74) is 12.0. The van der Waals surface area contributed by atoms with E-state index in [0.29, 0.717) is 11.4 Å². The summed E-state index contributed by atoms with van der Waals surface area (Å²) < 4.78 is 25.1. The van der Waals surface area contributed by atoms with Crippen LogP contribution in [0.4, 0.5) is 11.4 Å². The van der Waals surface area contributed by atoms with Gasteiger partial charge in [0.05, 0.1) is 9.79 Å². The molecular weight excluding hydrogens is 300 g/mol. The minimum absolute atomic E-state index is 0.0386. The fourth-order valence-electron chi connectivity index (χ4n) is 1.63. The van der Waals surface area contributed by atoms with Crippen molar-refractivity contribution in [3.8, 4) is 0 Å². The number of sulfone groups is 1. The molecule has 0 radical (unpaired) electrons. The third-order valence-corrected chi connectivity index (χ3v) is 5.78. The van der Waals surface area contributed by atoms with Crippen LogP contribution in [0, 0.1) is 0 Å². The number of benzene rings is 2. The summed E-state index contributed by atoms with van der Waals surface area (Å²) in [5.74, 6) is 0. The van der Waals surface area contributed by atoms with Crippen molar-refractivity contribution >= 4 is 46.5 Å². The molecule has 0 fully saturated rings. The number of thiol groups is 2. The average Bonchev–Trinajstić information content (AvgIpc) is 2.35.